The predicted molar refractivity (Wildman–Crippen MR) is 81.1 cm³/mol. The van der Waals surface area contributed by atoms with Crippen molar-refractivity contribution in [1.29, 1.82) is 0 Å². The lowest BCUT2D eigenvalue weighted by molar-refractivity contribution is 0.0898. The van der Waals surface area contributed by atoms with Crippen LogP contribution in [0.15, 0.2) is 12.1 Å². The summed E-state index contributed by atoms with van der Waals surface area (Å²) >= 11 is 6.27. The van der Waals surface area contributed by atoms with Gasteiger partial charge in [-0.05, 0) is 49.9 Å². The summed E-state index contributed by atoms with van der Waals surface area (Å²) in [6, 6.07) is 3.89. The van der Waals surface area contributed by atoms with Crippen molar-refractivity contribution < 1.29 is 4.79 Å². The van der Waals surface area contributed by atoms with Crippen molar-refractivity contribution in [2.45, 2.75) is 58.8 Å². The molecule has 0 aliphatic heterocycles. The maximum Gasteiger partial charge on any atom is 0.167 e. The van der Waals surface area contributed by atoms with Crippen LogP contribution in [0, 0.1) is 19.8 Å². The average Bonchev–Trinajstić information content (AvgIpc) is 2.32. The lowest BCUT2D eigenvalue weighted by Gasteiger charge is -2.19. The van der Waals surface area contributed by atoms with Crippen LogP contribution in [0.2, 0.25) is 5.02 Å². The van der Waals surface area contributed by atoms with Gasteiger partial charge in [-0.15, -0.1) is 0 Å². The number of Topliss-reactive ketones (excluding diaryl/α,β-unsaturated/α-hetero) is 1. The second-order valence-corrected chi connectivity index (χ2v) is 6.23. The monoisotopic (exact) mass is 278 g/mol. The van der Waals surface area contributed by atoms with E-state index in [9.17, 15) is 4.79 Å². The Balaban J connectivity index is 2.20. The van der Waals surface area contributed by atoms with Crippen molar-refractivity contribution in [3.8, 4) is 0 Å². The second kappa shape index (κ2) is 6.56. The Bertz CT molecular complexity index is 457. The normalized spacial score (nSPS) is 17.8. The van der Waals surface area contributed by atoms with Gasteiger partial charge in [0.1, 0.15) is 0 Å². The summed E-state index contributed by atoms with van der Waals surface area (Å²) in [5, 5.41) is 0.621. The fourth-order valence-electron chi connectivity index (χ4n) is 2.91. The van der Waals surface area contributed by atoms with Gasteiger partial charge in [0.05, 0.1) is 5.02 Å². The van der Waals surface area contributed by atoms with E-state index in [1.54, 1.807) is 0 Å². The number of benzene rings is 1. The van der Waals surface area contributed by atoms with Crippen LogP contribution in [0.3, 0.4) is 0 Å². The van der Waals surface area contributed by atoms with Crippen LogP contribution in [0.5, 0.6) is 0 Å². The first-order chi connectivity index (χ1) is 9.09. The van der Waals surface area contributed by atoms with Gasteiger partial charge in [0.25, 0.3) is 0 Å². The van der Waals surface area contributed by atoms with E-state index < -0.39 is 0 Å². The highest BCUT2D eigenvalue weighted by Gasteiger charge is 2.23. The number of aryl methyl sites for hydroxylation is 2. The number of halogens is 1. The first-order valence-corrected chi connectivity index (χ1v) is 7.78. The zero-order valence-corrected chi connectivity index (χ0v) is 12.7. The molecule has 2 rings (SSSR count). The maximum absolute atomic E-state index is 12.7. The molecular formula is C17H23ClO. The van der Waals surface area contributed by atoms with E-state index in [2.05, 4.69) is 0 Å². The quantitative estimate of drug-likeness (QED) is 0.653. The molecule has 0 heterocycles. The predicted octanol–water partition coefficient (Wildman–Crippen LogP) is 5.50. The first kappa shape index (κ1) is 14.6. The maximum atomic E-state index is 12.7. The van der Waals surface area contributed by atoms with E-state index in [-0.39, 0.29) is 11.7 Å². The van der Waals surface area contributed by atoms with Crippen molar-refractivity contribution in [1.82, 2.24) is 0 Å². The summed E-state index contributed by atoms with van der Waals surface area (Å²) in [7, 11) is 0. The Morgan fingerprint density at radius 2 is 1.53 bits per heavy atom. The molecule has 1 aromatic rings. The first-order valence-electron chi connectivity index (χ1n) is 7.40. The van der Waals surface area contributed by atoms with E-state index in [1.807, 2.05) is 26.0 Å². The van der Waals surface area contributed by atoms with E-state index in [0.29, 0.717) is 5.02 Å². The topological polar surface area (TPSA) is 17.1 Å². The summed E-state index contributed by atoms with van der Waals surface area (Å²) < 4.78 is 0. The molecule has 0 N–H and O–H groups in total. The van der Waals surface area contributed by atoms with E-state index in [1.165, 1.54) is 32.1 Å². The molecule has 0 bridgehead atoms. The van der Waals surface area contributed by atoms with Crippen LogP contribution in [0.25, 0.3) is 0 Å². The van der Waals surface area contributed by atoms with Gasteiger partial charge < -0.3 is 0 Å². The van der Waals surface area contributed by atoms with Crippen LogP contribution in [0.1, 0.15) is 66.4 Å². The number of rotatable bonds is 2. The van der Waals surface area contributed by atoms with E-state index in [0.717, 1.165) is 29.5 Å². The van der Waals surface area contributed by atoms with Crippen LogP contribution < -0.4 is 0 Å². The highest BCUT2D eigenvalue weighted by Crippen LogP contribution is 2.29. The molecular weight excluding hydrogens is 256 g/mol. The molecule has 0 spiro atoms. The zero-order chi connectivity index (χ0) is 13.8. The lowest BCUT2D eigenvalue weighted by atomic mass is 9.85. The summed E-state index contributed by atoms with van der Waals surface area (Å²) in [5.41, 5.74) is 3.04. The van der Waals surface area contributed by atoms with E-state index >= 15 is 0 Å². The molecule has 1 saturated carbocycles. The molecule has 0 atom stereocenters. The Kier molecular flexibility index (Phi) is 5.04. The van der Waals surface area contributed by atoms with Crippen molar-refractivity contribution in [3.63, 3.8) is 0 Å². The Morgan fingerprint density at radius 3 is 2.16 bits per heavy atom. The molecule has 1 aliphatic rings. The van der Waals surface area contributed by atoms with Crippen molar-refractivity contribution in [2.75, 3.05) is 0 Å². The summed E-state index contributed by atoms with van der Waals surface area (Å²) in [6.07, 6.45) is 8.28. The Hall–Kier alpha value is -0.820. The Morgan fingerprint density at radius 1 is 1.00 bits per heavy atom. The van der Waals surface area contributed by atoms with Crippen molar-refractivity contribution in [2.24, 2.45) is 5.92 Å². The van der Waals surface area contributed by atoms with Gasteiger partial charge in [0.2, 0.25) is 0 Å². The van der Waals surface area contributed by atoms with Crippen LogP contribution in [-0.2, 0) is 0 Å². The summed E-state index contributed by atoms with van der Waals surface area (Å²) in [6.45, 7) is 4.08. The smallest absolute Gasteiger partial charge is 0.167 e. The minimum Gasteiger partial charge on any atom is -0.294 e. The number of ketones is 1. The molecule has 1 aromatic carbocycles. The highest BCUT2D eigenvalue weighted by molar-refractivity contribution is 6.34. The third-order valence-electron chi connectivity index (χ3n) is 4.32. The number of carbonyl (C=O) groups is 1. The molecule has 104 valence electrons. The fraction of sp³-hybridized carbons (Fsp3) is 0.588. The standard InChI is InChI=1S/C17H23ClO/c1-12-10-15(16(18)11-13(12)2)17(19)14-8-6-4-3-5-7-9-14/h10-11,14H,3-9H2,1-2H3. The molecule has 0 unspecified atom stereocenters. The number of carbonyl (C=O) groups excluding carboxylic acids is 1. The molecule has 0 amide bonds. The zero-order valence-electron chi connectivity index (χ0n) is 12.0. The molecule has 1 fully saturated rings. The van der Waals surface area contributed by atoms with Gasteiger partial charge in [0.15, 0.2) is 5.78 Å². The van der Waals surface area contributed by atoms with Crippen LogP contribution >= 0.6 is 11.6 Å². The van der Waals surface area contributed by atoms with Gasteiger partial charge in [-0.25, -0.2) is 0 Å². The third-order valence-corrected chi connectivity index (χ3v) is 4.64. The van der Waals surface area contributed by atoms with Gasteiger partial charge in [-0.2, -0.15) is 0 Å². The molecule has 1 nitrogen and oxygen atoms in total. The Labute approximate surface area is 121 Å². The van der Waals surface area contributed by atoms with Gasteiger partial charge in [0, 0.05) is 11.5 Å². The largest absolute Gasteiger partial charge is 0.294 e. The summed E-state index contributed by atoms with van der Waals surface area (Å²) in [4.78, 5) is 12.7. The van der Waals surface area contributed by atoms with Gasteiger partial charge >= 0.3 is 0 Å². The molecule has 19 heavy (non-hydrogen) atoms. The van der Waals surface area contributed by atoms with Crippen LogP contribution in [-0.4, -0.2) is 5.78 Å². The van der Waals surface area contributed by atoms with Crippen LogP contribution in [0.4, 0.5) is 0 Å². The molecule has 2 heteroatoms. The lowest BCUT2D eigenvalue weighted by Crippen LogP contribution is -2.17. The highest BCUT2D eigenvalue weighted by atomic mass is 35.5. The number of hydrogen-bond donors (Lipinski definition) is 0. The minimum atomic E-state index is 0.180. The third kappa shape index (κ3) is 3.60. The van der Waals surface area contributed by atoms with Gasteiger partial charge in [-0.1, -0.05) is 43.7 Å². The summed E-state index contributed by atoms with van der Waals surface area (Å²) in [5.74, 6) is 0.440. The molecule has 1 aliphatic carbocycles. The fourth-order valence-corrected chi connectivity index (χ4v) is 3.22. The molecule has 0 radical (unpaired) electrons. The van der Waals surface area contributed by atoms with Gasteiger partial charge in [-0.3, -0.25) is 4.79 Å². The number of hydrogen-bond acceptors (Lipinski definition) is 1. The second-order valence-electron chi connectivity index (χ2n) is 5.82. The average molecular weight is 279 g/mol. The minimum absolute atomic E-state index is 0.180. The SMILES string of the molecule is Cc1cc(Cl)c(C(=O)C2CCCCCCC2)cc1C. The molecule has 0 aromatic heterocycles. The van der Waals surface area contributed by atoms with Crippen molar-refractivity contribution in [3.05, 3.63) is 33.8 Å². The van der Waals surface area contributed by atoms with Crippen molar-refractivity contribution >= 4 is 17.4 Å². The van der Waals surface area contributed by atoms with E-state index in [4.69, 9.17) is 11.6 Å². The molecule has 0 saturated heterocycles.